The molecule has 2 aromatic carbocycles. The molecule has 1 atom stereocenters. The quantitative estimate of drug-likeness (QED) is 0.778. The highest BCUT2D eigenvalue weighted by molar-refractivity contribution is 5.94. The van der Waals surface area contributed by atoms with Crippen LogP contribution in [0.4, 0.5) is 0 Å². The number of nitrogens with one attached hydrogen (secondary N) is 1. The second-order valence-corrected chi connectivity index (χ2v) is 7.29. The molecule has 0 bridgehead atoms. The minimum atomic E-state index is -1.05. The molecule has 0 aliphatic rings. The molecule has 0 spiro atoms. The molecule has 1 amide bonds. The Morgan fingerprint density at radius 1 is 1.04 bits per heavy atom. The summed E-state index contributed by atoms with van der Waals surface area (Å²) in [4.78, 5) is 23.5. The van der Waals surface area contributed by atoms with Crippen molar-refractivity contribution in [2.75, 3.05) is 0 Å². The Kier molecular flexibility index (Phi) is 6.34. The van der Waals surface area contributed by atoms with Gasteiger partial charge in [-0.1, -0.05) is 75.4 Å². The number of hydrogen-bond acceptors (Lipinski definition) is 2. The van der Waals surface area contributed by atoms with Gasteiger partial charge in [-0.05, 0) is 28.2 Å². The number of benzene rings is 2. The Labute approximate surface area is 154 Å². The first-order valence-electron chi connectivity index (χ1n) is 8.61. The van der Waals surface area contributed by atoms with Crippen molar-refractivity contribution in [3.8, 4) is 0 Å². The molecule has 0 fully saturated rings. The van der Waals surface area contributed by atoms with Gasteiger partial charge in [0.15, 0.2) is 0 Å². The average molecular weight is 351 g/mol. The van der Waals surface area contributed by atoms with Crippen LogP contribution in [-0.4, -0.2) is 23.0 Å². The fourth-order valence-corrected chi connectivity index (χ4v) is 2.54. The fourth-order valence-electron chi connectivity index (χ4n) is 2.54. The largest absolute Gasteiger partial charge is 0.480 e. The summed E-state index contributed by atoms with van der Waals surface area (Å²) < 4.78 is 0. The summed E-state index contributed by atoms with van der Waals surface area (Å²) in [6.45, 7) is 6.43. The zero-order valence-electron chi connectivity index (χ0n) is 15.4. The molecule has 2 aromatic rings. The lowest BCUT2D eigenvalue weighted by molar-refractivity contribution is -0.141. The molecule has 0 radical (unpaired) electrons. The van der Waals surface area contributed by atoms with Gasteiger partial charge in [0, 0.05) is 12.5 Å². The molecule has 2 rings (SSSR count). The van der Waals surface area contributed by atoms with Crippen molar-refractivity contribution in [2.45, 2.75) is 38.6 Å². The number of rotatable bonds is 6. The zero-order chi connectivity index (χ0) is 19.2. The molecule has 2 N–H and O–H groups in total. The normalized spacial score (nSPS) is 12.7. The van der Waals surface area contributed by atoms with Gasteiger partial charge < -0.3 is 10.4 Å². The van der Waals surface area contributed by atoms with Gasteiger partial charge in [0.2, 0.25) is 5.91 Å². The molecule has 136 valence electrons. The van der Waals surface area contributed by atoms with Crippen LogP contribution >= 0.6 is 0 Å². The molecule has 4 heteroatoms. The van der Waals surface area contributed by atoms with Crippen molar-refractivity contribution >= 4 is 18.0 Å². The van der Waals surface area contributed by atoms with Crippen LogP contribution in [0.3, 0.4) is 0 Å². The molecule has 0 unspecified atom stereocenters. The van der Waals surface area contributed by atoms with Crippen LogP contribution in [0.15, 0.2) is 60.7 Å². The Hall–Kier alpha value is -2.88. The maximum Gasteiger partial charge on any atom is 0.326 e. The van der Waals surface area contributed by atoms with Crippen LogP contribution < -0.4 is 5.32 Å². The van der Waals surface area contributed by atoms with E-state index in [0.717, 1.165) is 11.1 Å². The minimum absolute atomic E-state index is 0.0752. The third-order valence-corrected chi connectivity index (χ3v) is 4.10. The van der Waals surface area contributed by atoms with Gasteiger partial charge in [-0.25, -0.2) is 4.79 Å². The average Bonchev–Trinajstić information content (AvgIpc) is 2.60. The number of aliphatic carboxylic acids is 1. The van der Waals surface area contributed by atoms with Crippen LogP contribution in [0.2, 0.25) is 0 Å². The summed E-state index contributed by atoms with van der Waals surface area (Å²) in [7, 11) is 0. The first-order chi connectivity index (χ1) is 12.3. The van der Waals surface area contributed by atoms with Gasteiger partial charge >= 0.3 is 5.97 Å². The minimum Gasteiger partial charge on any atom is -0.480 e. The molecule has 26 heavy (non-hydrogen) atoms. The molecular formula is C22H25NO3. The number of amides is 1. The molecule has 0 saturated heterocycles. The lowest BCUT2D eigenvalue weighted by Gasteiger charge is -2.18. The predicted molar refractivity (Wildman–Crippen MR) is 104 cm³/mol. The summed E-state index contributed by atoms with van der Waals surface area (Å²) in [5.41, 5.74) is 3.05. The first-order valence-corrected chi connectivity index (χ1v) is 8.61. The van der Waals surface area contributed by atoms with Gasteiger partial charge in [0.25, 0.3) is 0 Å². The van der Waals surface area contributed by atoms with E-state index in [2.05, 4.69) is 26.1 Å². The van der Waals surface area contributed by atoms with Gasteiger partial charge in [-0.3, -0.25) is 4.79 Å². The van der Waals surface area contributed by atoms with Gasteiger partial charge in [0.05, 0.1) is 0 Å². The number of carboxylic acids is 1. The van der Waals surface area contributed by atoms with E-state index in [9.17, 15) is 14.7 Å². The Morgan fingerprint density at radius 3 is 2.19 bits per heavy atom. The smallest absolute Gasteiger partial charge is 0.326 e. The third-order valence-electron chi connectivity index (χ3n) is 4.10. The van der Waals surface area contributed by atoms with Crippen molar-refractivity contribution in [3.05, 3.63) is 77.4 Å². The zero-order valence-corrected chi connectivity index (χ0v) is 15.4. The summed E-state index contributed by atoms with van der Waals surface area (Å²) in [5, 5.41) is 11.9. The maximum absolute atomic E-state index is 12.1. The topological polar surface area (TPSA) is 66.4 Å². The highest BCUT2D eigenvalue weighted by Crippen LogP contribution is 2.22. The lowest BCUT2D eigenvalue weighted by atomic mass is 9.87. The number of carboxylic acid groups (broad SMARTS) is 1. The van der Waals surface area contributed by atoms with Crippen molar-refractivity contribution < 1.29 is 14.7 Å². The van der Waals surface area contributed by atoms with Crippen molar-refractivity contribution in [2.24, 2.45) is 0 Å². The second kappa shape index (κ2) is 8.48. The molecule has 0 saturated carbocycles. The SMILES string of the molecule is CC(C)(C)c1ccc(/C=C/C(=O)N[C@@H](Cc2ccccc2)C(=O)O)cc1. The summed E-state index contributed by atoms with van der Waals surface area (Å²) in [5.74, 6) is -1.47. The van der Waals surface area contributed by atoms with Crippen molar-refractivity contribution in [3.63, 3.8) is 0 Å². The summed E-state index contributed by atoms with van der Waals surface area (Å²) >= 11 is 0. The molecule has 0 heterocycles. The Balaban J connectivity index is 1.99. The third kappa shape index (κ3) is 5.88. The number of hydrogen-bond donors (Lipinski definition) is 2. The van der Waals surface area contributed by atoms with Crippen LogP contribution in [0, 0.1) is 0 Å². The second-order valence-electron chi connectivity index (χ2n) is 7.29. The Bertz CT molecular complexity index is 771. The van der Waals surface area contributed by atoms with Crippen LogP contribution in [0.1, 0.15) is 37.5 Å². The standard InChI is InChI=1S/C22H25NO3/c1-22(2,3)18-12-9-16(10-13-18)11-14-20(24)23-19(21(25)26)15-17-7-5-4-6-8-17/h4-14,19H,15H2,1-3H3,(H,23,24)(H,25,26)/b14-11+/t19-/m0/s1. The molecule has 4 nitrogen and oxygen atoms in total. The van der Waals surface area contributed by atoms with Crippen LogP contribution in [-0.2, 0) is 21.4 Å². The van der Waals surface area contributed by atoms with E-state index >= 15 is 0 Å². The van der Waals surface area contributed by atoms with Gasteiger partial charge in [-0.2, -0.15) is 0 Å². The van der Waals surface area contributed by atoms with Crippen LogP contribution in [0.5, 0.6) is 0 Å². The molecule has 0 aliphatic carbocycles. The molecule has 0 aromatic heterocycles. The van der Waals surface area contributed by atoms with Crippen LogP contribution in [0.25, 0.3) is 6.08 Å². The number of carbonyl (C=O) groups is 2. The fraction of sp³-hybridized carbons (Fsp3) is 0.273. The predicted octanol–water partition coefficient (Wildman–Crippen LogP) is 3.81. The van der Waals surface area contributed by atoms with Gasteiger partial charge in [-0.15, -0.1) is 0 Å². The van der Waals surface area contributed by atoms with E-state index in [4.69, 9.17) is 0 Å². The summed E-state index contributed by atoms with van der Waals surface area (Å²) in [6, 6.07) is 16.2. The monoisotopic (exact) mass is 351 g/mol. The van der Waals surface area contributed by atoms with E-state index in [1.807, 2.05) is 54.6 Å². The highest BCUT2D eigenvalue weighted by Gasteiger charge is 2.19. The number of carbonyl (C=O) groups excluding carboxylic acids is 1. The van der Waals surface area contributed by atoms with Crippen molar-refractivity contribution in [1.82, 2.24) is 5.32 Å². The lowest BCUT2D eigenvalue weighted by Crippen LogP contribution is -2.41. The Morgan fingerprint density at radius 2 is 1.65 bits per heavy atom. The van der Waals surface area contributed by atoms with E-state index in [0.29, 0.717) is 0 Å². The maximum atomic E-state index is 12.1. The molecular weight excluding hydrogens is 326 g/mol. The van der Waals surface area contributed by atoms with Crippen molar-refractivity contribution in [1.29, 1.82) is 0 Å². The first kappa shape index (κ1) is 19.4. The van der Waals surface area contributed by atoms with E-state index < -0.39 is 17.9 Å². The molecule has 0 aliphatic heterocycles. The van der Waals surface area contributed by atoms with Gasteiger partial charge in [0.1, 0.15) is 6.04 Å². The summed E-state index contributed by atoms with van der Waals surface area (Å²) in [6.07, 6.45) is 3.30. The highest BCUT2D eigenvalue weighted by atomic mass is 16.4. The van der Waals surface area contributed by atoms with E-state index in [1.54, 1.807) is 6.08 Å². The van der Waals surface area contributed by atoms with E-state index in [1.165, 1.54) is 11.6 Å². The van der Waals surface area contributed by atoms with E-state index in [-0.39, 0.29) is 11.8 Å².